The van der Waals surface area contributed by atoms with Gasteiger partial charge in [-0.25, -0.2) is 0 Å². The molecular formula is C13H25NO3S. The molecule has 0 radical (unpaired) electrons. The molecule has 1 aliphatic rings. The Morgan fingerprint density at radius 3 is 3.06 bits per heavy atom. The molecule has 0 bridgehead atoms. The smallest absolute Gasteiger partial charge is 0.323 e. The first kappa shape index (κ1) is 15.8. The van der Waals surface area contributed by atoms with Gasteiger partial charge < -0.3 is 14.8 Å². The van der Waals surface area contributed by atoms with Crippen molar-refractivity contribution in [1.29, 1.82) is 0 Å². The summed E-state index contributed by atoms with van der Waals surface area (Å²) in [5.41, 5.74) is 0. The molecule has 1 heterocycles. The third-order valence-corrected chi connectivity index (χ3v) is 3.73. The van der Waals surface area contributed by atoms with Crippen LogP contribution in [-0.2, 0) is 14.3 Å². The van der Waals surface area contributed by atoms with Crippen LogP contribution in [0.3, 0.4) is 0 Å². The SMILES string of the molecule is CCOC(=O)C(CCCSC)NCC1CCCO1. The zero-order valence-electron chi connectivity index (χ0n) is 11.4. The first-order valence-electron chi connectivity index (χ1n) is 6.78. The third-order valence-electron chi connectivity index (χ3n) is 3.03. The molecule has 18 heavy (non-hydrogen) atoms. The minimum Gasteiger partial charge on any atom is -0.465 e. The quantitative estimate of drug-likeness (QED) is 0.514. The van der Waals surface area contributed by atoms with Crippen LogP contribution in [0.15, 0.2) is 0 Å². The number of carbonyl (C=O) groups excluding carboxylic acids is 1. The Morgan fingerprint density at radius 1 is 1.61 bits per heavy atom. The number of ether oxygens (including phenoxy) is 2. The molecule has 0 aromatic rings. The number of hydrogen-bond donors (Lipinski definition) is 1. The molecule has 0 aromatic carbocycles. The highest BCUT2D eigenvalue weighted by Crippen LogP contribution is 2.12. The summed E-state index contributed by atoms with van der Waals surface area (Å²) in [7, 11) is 0. The Balaban J connectivity index is 2.29. The molecule has 0 aromatic heterocycles. The zero-order chi connectivity index (χ0) is 13.2. The van der Waals surface area contributed by atoms with Crippen LogP contribution in [0.2, 0.25) is 0 Å². The molecule has 2 unspecified atom stereocenters. The van der Waals surface area contributed by atoms with E-state index in [1.165, 1.54) is 0 Å². The van der Waals surface area contributed by atoms with Gasteiger partial charge in [0.15, 0.2) is 0 Å². The lowest BCUT2D eigenvalue weighted by Crippen LogP contribution is -2.42. The number of carbonyl (C=O) groups is 1. The average molecular weight is 275 g/mol. The minimum absolute atomic E-state index is 0.128. The maximum Gasteiger partial charge on any atom is 0.323 e. The fourth-order valence-corrected chi connectivity index (χ4v) is 2.51. The van der Waals surface area contributed by atoms with E-state index in [2.05, 4.69) is 11.6 Å². The van der Waals surface area contributed by atoms with Crippen molar-refractivity contribution >= 4 is 17.7 Å². The van der Waals surface area contributed by atoms with Gasteiger partial charge >= 0.3 is 5.97 Å². The lowest BCUT2D eigenvalue weighted by Gasteiger charge is -2.19. The highest BCUT2D eigenvalue weighted by atomic mass is 32.2. The fourth-order valence-electron chi connectivity index (χ4n) is 2.06. The Morgan fingerprint density at radius 2 is 2.44 bits per heavy atom. The van der Waals surface area contributed by atoms with Crippen LogP contribution in [-0.4, -0.2) is 49.9 Å². The summed E-state index contributed by atoms with van der Waals surface area (Å²) in [6.45, 7) is 3.89. The second-order valence-electron chi connectivity index (χ2n) is 4.48. The van der Waals surface area contributed by atoms with E-state index in [0.29, 0.717) is 6.61 Å². The number of thioether (sulfide) groups is 1. The van der Waals surface area contributed by atoms with Crippen LogP contribution >= 0.6 is 11.8 Å². The predicted molar refractivity (Wildman–Crippen MR) is 75.0 cm³/mol. The second kappa shape index (κ2) is 9.64. The molecule has 0 amide bonds. The summed E-state index contributed by atoms with van der Waals surface area (Å²) in [5, 5.41) is 3.30. The number of hydrogen-bond acceptors (Lipinski definition) is 5. The van der Waals surface area contributed by atoms with Crippen molar-refractivity contribution in [2.24, 2.45) is 0 Å². The van der Waals surface area contributed by atoms with Gasteiger partial charge in [-0.3, -0.25) is 4.79 Å². The summed E-state index contributed by atoms with van der Waals surface area (Å²) in [6.07, 6.45) is 6.44. The maximum atomic E-state index is 11.8. The molecule has 0 spiro atoms. The molecule has 0 aliphatic carbocycles. The molecule has 1 fully saturated rings. The van der Waals surface area contributed by atoms with Crippen LogP contribution in [0.25, 0.3) is 0 Å². The van der Waals surface area contributed by atoms with Gasteiger partial charge in [-0.1, -0.05) is 0 Å². The minimum atomic E-state index is -0.179. The molecule has 1 aliphatic heterocycles. The van der Waals surface area contributed by atoms with Crippen LogP contribution in [0.5, 0.6) is 0 Å². The molecular weight excluding hydrogens is 250 g/mol. The number of esters is 1. The molecule has 1 saturated heterocycles. The molecule has 1 N–H and O–H groups in total. The van der Waals surface area contributed by atoms with Crippen molar-refractivity contribution in [2.75, 3.05) is 31.8 Å². The lowest BCUT2D eigenvalue weighted by molar-refractivity contribution is -0.146. The van der Waals surface area contributed by atoms with Crippen molar-refractivity contribution in [1.82, 2.24) is 5.32 Å². The highest BCUT2D eigenvalue weighted by Gasteiger charge is 2.22. The van der Waals surface area contributed by atoms with E-state index in [4.69, 9.17) is 9.47 Å². The molecule has 2 atom stereocenters. The van der Waals surface area contributed by atoms with Gasteiger partial charge in [0.1, 0.15) is 6.04 Å². The first-order chi connectivity index (χ1) is 8.77. The number of rotatable bonds is 9. The van der Waals surface area contributed by atoms with E-state index in [1.807, 2.05) is 18.7 Å². The predicted octanol–water partition coefficient (Wildman–Crippen LogP) is 1.83. The summed E-state index contributed by atoms with van der Waals surface area (Å²) < 4.78 is 10.7. The average Bonchev–Trinajstić information content (AvgIpc) is 2.87. The lowest BCUT2D eigenvalue weighted by atomic mass is 10.1. The Bertz CT molecular complexity index is 232. The molecule has 106 valence electrons. The van der Waals surface area contributed by atoms with E-state index in [0.717, 1.165) is 44.6 Å². The fraction of sp³-hybridized carbons (Fsp3) is 0.923. The van der Waals surface area contributed by atoms with Crippen LogP contribution in [0, 0.1) is 0 Å². The first-order valence-corrected chi connectivity index (χ1v) is 8.17. The van der Waals surface area contributed by atoms with Gasteiger partial charge in [0, 0.05) is 13.2 Å². The van der Waals surface area contributed by atoms with Crippen LogP contribution in [0.1, 0.15) is 32.6 Å². The summed E-state index contributed by atoms with van der Waals surface area (Å²) >= 11 is 1.81. The number of nitrogens with one attached hydrogen (secondary N) is 1. The van der Waals surface area contributed by atoms with E-state index in [-0.39, 0.29) is 18.1 Å². The van der Waals surface area contributed by atoms with E-state index < -0.39 is 0 Å². The largest absolute Gasteiger partial charge is 0.465 e. The van der Waals surface area contributed by atoms with E-state index >= 15 is 0 Å². The van der Waals surface area contributed by atoms with Gasteiger partial charge in [0.25, 0.3) is 0 Å². The van der Waals surface area contributed by atoms with Crippen molar-refractivity contribution in [2.45, 2.75) is 44.8 Å². The molecule has 0 saturated carbocycles. The van der Waals surface area contributed by atoms with Gasteiger partial charge in [-0.05, 0) is 44.6 Å². The van der Waals surface area contributed by atoms with Gasteiger partial charge in [0.05, 0.1) is 12.7 Å². The standard InChI is InChI=1S/C13H25NO3S/c1-3-16-13(15)12(7-5-9-18-2)14-10-11-6-4-8-17-11/h11-12,14H,3-10H2,1-2H3. The Labute approximate surface area is 114 Å². The van der Waals surface area contributed by atoms with Gasteiger partial charge in [-0.2, -0.15) is 11.8 Å². The highest BCUT2D eigenvalue weighted by molar-refractivity contribution is 7.98. The van der Waals surface area contributed by atoms with Crippen molar-refractivity contribution in [3.63, 3.8) is 0 Å². The van der Waals surface area contributed by atoms with Crippen LogP contribution in [0.4, 0.5) is 0 Å². The molecule has 1 rings (SSSR count). The molecule has 5 heteroatoms. The Kier molecular flexibility index (Phi) is 8.46. The summed E-state index contributed by atoms with van der Waals surface area (Å²) in [4.78, 5) is 11.8. The van der Waals surface area contributed by atoms with Crippen molar-refractivity contribution < 1.29 is 14.3 Å². The molecule has 4 nitrogen and oxygen atoms in total. The van der Waals surface area contributed by atoms with Crippen molar-refractivity contribution in [3.8, 4) is 0 Å². The van der Waals surface area contributed by atoms with Gasteiger partial charge in [-0.15, -0.1) is 0 Å². The monoisotopic (exact) mass is 275 g/mol. The topological polar surface area (TPSA) is 47.6 Å². The normalized spacial score (nSPS) is 20.9. The van der Waals surface area contributed by atoms with Crippen LogP contribution < -0.4 is 5.32 Å². The van der Waals surface area contributed by atoms with Crippen molar-refractivity contribution in [3.05, 3.63) is 0 Å². The summed E-state index contributed by atoms with van der Waals surface area (Å²) in [6, 6.07) is -0.179. The zero-order valence-corrected chi connectivity index (χ0v) is 12.3. The Hall–Kier alpha value is -0.260. The third kappa shape index (κ3) is 6.07. The maximum absolute atomic E-state index is 11.8. The van der Waals surface area contributed by atoms with E-state index in [1.54, 1.807) is 0 Å². The summed E-state index contributed by atoms with van der Waals surface area (Å²) in [5.74, 6) is 0.953. The van der Waals surface area contributed by atoms with Gasteiger partial charge in [0.2, 0.25) is 0 Å². The van der Waals surface area contributed by atoms with E-state index in [9.17, 15) is 4.79 Å². The second-order valence-corrected chi connectivity index (χ2v) is 5.47.